The van der Waals surface area contributed by atoms with Gasteiger partial charge in [0.15, 0.2) is 6.61 Å². The Bertz CT molecular complexity index is 1550. The molecule has 5 rings (SSSR count). The van der Waals surface area contributed by atoms with Gasteiger partial charge in [-0.25, -0.2) is 18.2 Å². The molecule has 1 atom stereocenters. The summed E-state index contributed by atoms with van der Waals surface area (Å²) in [5.74, 6) is -0.662. The van der Waals surface area contributed by atoms with Crippen molar-refractivity contribution in [3.8, 4) is 5.75 Å². The summed E-state index contributed by atoms with van der Waals surface area (Å²) < 4.78 is 38.4. The SMILES string of the molecule is COc1ccc(C2CC(c3ccccc3)=NN2C(=O)COC(=O)c2ccc(Cl)c(S(=O)(=O)N3CCCCC3)c2)cc1. The number of hydrogen-bond donors (Lipinski definition) is 0. The van der Waals surface area contributed by atoms with Gasteiger partial charge in [-0.2, -0.15) is 9.41 Å². The maximum Gasteiger partial charge on any atom is 0.338 e. The van der Waals surface area contributed by atoms with Gasteiger partial charge in [0, 0.05) is 19.5 Å². The fourth-order valence-electron chi connectivity index (χ4n) is 4.98. The standard InChI is InChI=1S/C30H30ClN3O6S/c1-39-24-13-10-22(11-14-24)27-19-26(21-8-4-2-5-9-21)32-34(27)29(35)20-40-30(36)23-12-15-25(31)28(18-23)41(37,38)33-16-6-3-7-17-33/h2,4-5,8-15,18,27H,3,6-7,16-17,19-20H2,1H3. The summed E-state index contributed by atoms with van der Waals surface area (Å²) in [6.45, 7) is 0.227. The maximum absolute atomic E-state index is 13.3. The third-order valence-electron chi connectivity index (χ3n) is 7.20. The molecule has 3 aromatic carbocycles. The Hall–Kier alpha value is -3.73. The second-order valence-corrected chi connectivity index (χ2v) is 12.1. The van der Waals surface area contributed by atoms with E-state index in [0.717, 1.165) is 36.1 Å². The average molecular weight is 596 g/mol. The molecule has 41 heavy (non-hydrogen) atoms. The number of carbonyl (C=O) groups is 2. The molecule has 1 saturated heterocycles. The van der Waals surface area contributed by atoms with Gasteiger partial charge in [-0.15, -0.1) is 0 Å². The highest BCUT2D eigenvalue weighted by Crippen LogP contribution is 2.34. The van der Waals surface area contributed by atoms with E-state index in [-0.39, 0.29) is 15.5 Å². The Morgan fingerprint density at radius 1 is 0.976 bits per heavy atom. The summed E-state index contributed by atoms with van der Waals surface area (Å²) >= 11 is 6.23. The molecule has 11 heteroatoms. The minimum atomic E-state index is -3.88. The van der Waals surface area contributed by atoms with Crippen LogP contribution in [0.3, 0.4) is 0 Å². The summed E-state index contributed by atoms with van der Waals surface area (Å²) in [6.07, 6.45) is 2.98. The lowest BCUT2D eigenvalue weighted by Gasteiger charge is -2.26. The summed E-state index contributed by atoms with van der Waals surface area (Å²) in [4.78, 5) is 26.1. The molecule has 2 aliphatic heterocycles. The summed E-state index contributed by atoms with van der Waals surface area (Å²) in [6, 6.07) is 20.5. The monoisotopic (exact) mass is 595 g/mol. The molecule has 3 aromatic rings. The Morgan fingerprint density at radius 2 is 1.68 bits per heavy atom. The topological polar surface area (TPSA) is 106 Å². The quantitative estimate of drug-likeness (QED) is 0.337. The lowest BCUT2D eigenvalue weighted by Crippen LogP contribution is -2.35. The molecule has 1 amide bonds. The zero-order valence-electron chi connectivity index (χ0n) is 22.5. The van der Waals surface area contributed by atoms with E-state index in [1.54, 1.807) is 7.11 Å². The molecule has 0 N–H and O–H groups in total. The largest absolute Gasteiger partial charge is 0.497 e. The van der Waals surface area contributed by atoms with Gasteiger partial charge >= 0.3 is 5.97 Å². The smallest absolute Gasteiger partial charge is 0.338 e. The molecular formula is C30H30ClN3O6S. The molecule has 2 heterocycles. The van der Waals surface area contributed by atoms with E-state index in [4.69, 9.17) is 21.1 Å². The molecule has 0 aromatic heterocycles. The number of rotatable bonds is 8. The number of nitrogens with zero attached hydrogens (tertiary/aromatic N) is 3. The van der Waals surface area contributed by atoms with Crippen molar-refractivity contribution in [1.29, 1.82) is 0 Å². The van der Waals surface area contributed by atoms with Crippen LogP contribution >= 0.6 is 11.6 Å². The van der Waals surface area contributed by atoms with Crippen LogP contribution in [0.2, 0.25) is 5.02 Å². The predicted molar refractivity (Wildman–Crippen MR) is 155 cm³/mol. The van der Waals surface area contributed by atoms with E-state index in [2.05, 4.69) is 5.10 Å². The van der Waals surface area contributed by atoms with E-state index in [9.17, 15) is 18.0 Å². The lowest BCUT2D eigenvalue weighted by atomic mass is 9.98. The van der Waals surface area contributed by atoms with Gasteiger partial charge in [0.25, 0.3) is 5.91 Å². The Balaban J connectivity index is 1.33. The first-order valence-electron chi connectivity index (χ1n) is 13.3. The number of halogens is 1. The van der Waals surface area contributed by atoms with Gasteiger partial charge in [-0.1, -0.05) is 60.5 Å². The zero-order chi connectivity index (χ0) is 29.0. The Labute approximate surface area is 244 Å². The highest BCUT2D eigenvalue weighted by molar-refractivity contribution is 7.89. The highest BCUT2D eigenvalue weighted by Gasteiger charge is 2.34. The van der Waals surface area contributed by atoms with Gasteiger partial charge in [0.1, 0.15) is 10.6 Å². The second-order valence-electron chi connectivity index (χ2n) is 9.83. The molecule has 0 radical (unpaired) electrons. The maximum atomic E-state index is 13.3. The van der Waals surface area contributed by atoms with Crippen LogP contribution in [-0.4, -0.2) is 62.1 Å². The summed E-state index contributed by atoms with van der Waals surface area (Å²) in [5.41, 5.74) is 2.46. The number of carbonyl (C=O) groups excluding carboxylic acids is 2. The number of benzene rings is 3. The number of sulfonamides is 1. The Morgan fingerprint density at radius 3 is 2.37 bits per heavy atom. The number of hydrogen-bond acceptors (Lipinski definition) is 7. The summed E-state index contributed by atoms with van der Waals surface area (Å²) in [7, 11) is -2.30. The first kappa shape index (κ1) is 28.8. The number of hydrazone groups is 1. The zero-order valence-corrected chi connectivity index (χ0v) is 24.1. The number of methoxy groups -OCH3 is 1. The molecule has 214 valence electrons. The molecule has 9 nitrogen and oxygen atoms in total. The molecular weight excluding hydrogens is 566 g/mol. The molecule has 2 aliphatic rings. The molecule has 1 fully saturated rings. The van der Waals surface area contributed by atoms with Crippen molar-refractivity contribution in [2.45, 2.75) is 36.6 Å². The van der Waals surface area contributed by atoms with Crippen LogP contribution in [0.25, 0.3) is 0 Å². The van der Waals surface area contributed by atoms with Gasteiger partial charge in [0.2, 0.25) is 10.0 Å². The molecule has 0 spiro atoms. The van der Waals surface area contributed by atoms with Gasteiger partial charge in [0.05, 0.1) is 29.4 Å². The van der Waals surface area contributed by atoms with E-state index < -0.39 is 34.5 Å². The van der Waals surface area contributed by atoms with E-state index >= 15 is 0 Å². The van der Waals surface area contributed by atoms with E-state index in [1.807, 2.05) is 54.6 Å². The van der Waals surface area contributed by atoms with Crippen molar-refractivity contribution in [2.75, 3.05) is 26.8 Å². The van der Waals surface area contributed by atoms with E-state index in [1.165, 1.54) is 27.5 Å². The van der Waals surface area contributed by atoms with Crippen molar-refractivity contribution >= 4 is 39.2 Å². The number of ether oxygens (including phenoxy) is 2. The van der Waals surface area contributed by atoms with Crippen LogP contribution in [0.5, 0.6) is 5.75 Å². The number of amides is 1. The third-order valence-corrected chi connectivity index (χ3v) is 9.58. The predicted octanol–water partition coefficient (Wildman–Crippen LogP) is 5.06. The number of piperidine rings is 1. The van der Waals surface area contributed by atoms with Crippen molar-refractivity contribution < 1.29 is 27.5 Å². The molecule has 0 saturated carbocycles. The number of esters is 1. The fraction of sp³-hybridized carbons (Fsp3) is 0.300. The highest BCUT2D eigenvalue weighted by atomic mass is 35.5. The molecule has 1 unspecified atom stereocenters. The van der Waals surface area contributed by atoms with Gasteiger partial charge in [-0.3, -0.25) is 4.79 Å². The van der Waals surface area contributed by atoms with Crippen LogP contribution in [0, 0.1) is 0 Å². The second kappa shape index (κ2) is 12.4. The first-order valence-corrected chi connectivity index (χ1v) is 15.2. The lowest BCUT2D eigenvalue weighted by molar-refractivity contribution is -0.136. The van der Waals surface area contributed by atoms with Crippen LogP contribution < -0.4 is 4.74 Å². The summed E-state index contributed by atoms with van der Waals surface area (Å²) in [5, 5.41) is 5.95. The van der Waals surface area contributed by atoms with Crippen molar-refractivity contribution in [3.05, 3.63) is 94.5 Å². The van der Waals surface area contributed by atoms with Crippen LogP contribution in [0.1, 0.15) is 53.2 Å². The van der Waals surface area contributed by atoms with Gasteiger partial charge in [-0.05, 0) is 54.3 Å². The van der Waals surface area contributed by atoms with Crippen molar-refractivity contribution in [3.63, 3.8) is 0 Å². The minimum absolute atomic E-state index is 0.0145. The average Bonchev–Trinajstić information content (AvgIpc) is 3.46. The van der Waals surface area contributed by atoms with E-state index in [0.29, 0.717) is 25.3 Å². The third kappa shape index (κ3) is 6.29. The van der Waals surface area contributed by atoms with Gasteiger partial charge < -0.3 is 9.47 Å². The van der Waals surface area contributed by atoms with Crippen LogP contribution in [-0.2, 0) is 19.6 Å². The van der Waals surface area contributed by atoms with Crippen molar-refractivity contribution in [2.24, 2.45) is 5.10 Å². The van der Waals surface area contributed by atoms with Crippen molar-refractivity contribution in [1.82, 2.24) is 9.31 Å². The first-order chi connectivity index (χ1) is 19.8. The Kier molecular flexibility index (Phi) is 8.72. The normalized spacial score (nSPS) is 17.7. The molecule has 0 aliphatic carbocycles. The fourth-order valence-corrected chi connectivity index (χ4v) is 7.00. The van der Waals surface area contributed by atoms with Crippen LogP contribution in [0.15, 0.2) is 82.8 Å². The van der Waals surface area contributed by atoms with Crippen LogP contribution in [0.4, 0.5) is 0 Å². The minimum Gasteiger partial charge on any atom is -0.497 e. The molecule has 0 bridgehead atoms.